The topological polar surface area (TPSA) is 81.3 Å². The van der Waals surface area contributed by atoms with Crippen LogP contribution in [0, 0.1) is 5.92 Å². The van der Waals surface area contributed by atoms with Gasteiger partial charge in [0.2, 0.25) is 5.95 Å². The molecule has 0 aliphatic rings. The van der Waals surface area contributed by atoms with Crippen molar-refractivity contribution >= 4 is 11.9 Å². The van der Waals surface area contributed by atoms with Crippen molar-refractivity contribution in [2.24, 2.45) is 5.92 Å². The number of anilines is 1. The number of hydrogen-bond acceptors (Lipinski definition) is 5. The normalized spacial score (nSPS) is 10.7. The first-order valence-electron chi connectivity index (χ1n) is 7.47. The molecule has 1 aromatic carbocycles. The Hall–Kier alpha value is -2.63. The summed E-state index contributed by atoms with van der Waals surface area (Å²) in [4.78, 5) is 21.8. The van der Waals surface area contributed by atoms with Crippen molar-refractivity contribution in [2.45, 2.75) is 13.8 Å². The van der Waals surface area contributed by atoms with Gasteiger partial charge in [0, 0.05) is 19.7 Å². The van der Waals surface area contributed by atoms with Crippen molar-refractivity contribution in [3.63, 3.8) is 0 Å². The van der Waals surface area contributed by atoms with Gasteiger partial charge in [-0.3, -0.25) is 4.79 Å². The summed E-state index contributed by atoms with van der Waals surface area (Å²) in [6, 6.07) is 9.19. The van der Waals surface area contributed by atoms with Crippen molar-refractivity contribution in [1.29, 1.82) is 0 Å². The summed E-state index contributed by atoms with van der Waals surface area (Å²) in [5.74, 6) is 0.958. The molecular weight excluding hydrogens is 292 g/mol. The number of para-hydroxylation sites is 1. The lowest BCUT2D eigenvalue weighted by atomic mass is 10.1. The first-order valence-corrected chi connectivity index (χ1v) is 7.47. The largest absolute Gasteiger partial charge is 0.493 e. The number of rotatable bonds is 5. The monoisotopic (exact) mass is 314 g/mol. The van der Waals surface area contributed by atoms with E-state index in [1.807, 2.05) is 24.3 Å². The lowest BCUT2D eigenvalue weighted by Gasteiger charge is -2.14. The number of amides is 1. The highest BCUT2D eigenvalue weighted by Gasteiger charge is 2.15. The fourth-order valence-corrected chi connectivity index (χ4v) is 2.00. The molecule has 6 nitrogen and oxygen atoms in total. The first-order chi connectivity index (χ1) is 10.9. The van der Waals surface area contributed by atoms with Crippen LogP contribution in [0.15, 0.2) is 30.3 Å². The number of carbonyl (C=O) groups excluding carboxylic acids is 1. The first kappa shape index (κ1) is 16.7. The van der Waals surface area contributed by atoms with Gasteiger partial charge in [0.1, 0.15) is 11.4 Å². The molecule has 0 bridgehead atoms. The number of nitrogens with zero attached hydrogens (tertiary/aromatic N) is 3. The highest BCUT2D eigenvalue weighted by Crippen LogP contribution is 2.29. The molecular formula is C17H22N4O2. The Bertz CT molecular complexity index is 699. The third kappa shape index (κ3) is 4.18. The van der Waals surface area contributed by atoms with Crippen LogP contribution in [-0.2, 0) is 0 Å². The number of aromatic nitrogens is 2. The molecule has 6 heteroatoms. The molecule has 2 rings (SSSR count). The molecule has 2 N–H and O–H groups in total. The van der Waals surface area contributed by atoms with E-state index in [9.17, 15) is 4.79 Å². The zero-order valence-corrected chi connectivity index (χ0v) is 13.9. The lowest BCUT2D eigenvalue weighted by molar-refractivity contribution is 0.0822. The minimum absolute atomic E-state index is 0.0614. The molecule has 1 amide bonds. The summed E-state index contributed by atoms with van der Waals surface area (Å²) < 4.78 is 5.84. The van der Waals surface area contributed by atoms with Gasteiger partial charge in [-0.05, 0) is 24.1 Å². The van der Waals surface area contributed by atoms with E-state index < -0.39 is 0 Å². The van der Waals surface area contributed by atoms with Gasteiger partial charge in [-0.25, -0.2) is 9.97 Å². The quantitative estimate of drug-likeness (QED) is 0.917. The zero-order chi connectivity index (χ0) is 17.0. The van der Waals surface area contributed by atoms with E-state index in [1.165, 1.54) is 4.90 Å². The summed E-state index contributed by atoms with van der Waals surface area (Å²) in [6.07, 6.45) is 0. The van der Waals surface area contributed by atoms with E-state index >= 15 is 0 Å². The van der Waals surface area contributed by atoms with Crippen LogP contribution in [0.1, 0.15) is 24.3 Å². The van der Waals surface area contributed by atoms with Gasteiger partial charge in [0.25, 0.3) is 5.91 Å². The van der Waals surface area contributed by atoms with Crippen LogP contribution < -0.4 is 10.5 Å². The van der Waals surface area contributed by atoms with Crippen LogP contribution in [0.4, 0.5) is 5.95 Å². The molecule has 0 aliphatic carbocycles. The predicted molar refractivity (Wildman–Crippen MR) is 90.2 cm³/mol. The minimum Gasteiger partial charge on any atom is -0.493 e. The Balaban J connectivity index is 2.44. The smallest absolute Gasteiger partial charge is 0.272 e. The van der Waals surface area contributed by atoms with Gasteiger partial charge >= 0.3 is 0 Å². The van der Waals surface area contributed by atoms with Crippen LogP contribution in [0.2, 0.25) is 0 Å². The summed E-state index contributed by atoms with van der Waals surface area (Å²) in [6.45, 7) is 4.76. The Kier molecular flexibility index (Phi) is 5.16. The maximum Gasteiger partial charge on any atom is 0.272 e. The average molecular weight is 314 g/mol. The van der Waals surface area contributed by atoms with Crippen molar-refractivity contribution < 1.29 is 9.53 Å². The van der Waals surface area contributed by atoms with Gasteiger partial charge in [-0.1, -0.05) is 26.0 Å². The number of hydrogen-bond donors (Lipinski definition) is 1. The molecule has 122 valence electrons. The molecule has 0 unspecified atom stereocenters. The highest BCUT2D eigenvalue weighted by atomic mass is 16.5. The molecule has 2 aromatic rings. The molecule has 0 radical (unpaired) electrons. The highest BCUT2D eigenvalue weighted by molar-refractivity contribution is 5.93. The van der Waals surface area contributed by atoms with Gasteiger partial charge in [0.05, 0.1) is 12.3 Å². The average Bonchev–Trinajstić information content (AvgIpc) is 2.51. The van der Waals surface area contributed by atoms with Crippen LogP contribution in [0.5, 0.6) is 5.75 Å². The summed E-state index contributed by atoms with van der Waals surface area (Å²) in [5, 5.41) is 0. The Morgan fingerprint density at radius 3 is 2.61 bits per heavy atom. The fourth-order valence-electron chi connectivity index (χ4n) is 2.00. The number of nitrogen functional groups attached to an aromatic ring is 1. The molecule has 0 saturated carbocycles. The van der Waals surface area contributed by atoms with Crippen molar-refractivity contribution in [1.82, 2.24) is 14.9 Å². The molecule has 1 aromatic heterocycles. The van der Waals surface area contributed by atoms with E-state index in [1.54, 1.807) is 20.2 Å². The second-order valence-electron chi connectivity index (χ2n) is 5.90. The van der Waals surface area contributed by atoms with E-state index in [0.29, 0.717) is 24.0 Å². The third-order valence-corrected chi connectivity index (χ3v) is 3.10. The van der Waals surface area contributed by atoms with E-state index in [-0.39, 0.29) is 17.5 Å². The maximum absolute atomic E-state index is 12.1. The van der Waals surface area contributed by atoms with Crippen LogP contribution in [-0.4, -0.2) is 41.5 Å². The van der Waals surface area contributed by atoms with E-state index in [0.717, 1.165) is 5.56 Å². The van der Waals surface area contributed by atoms with E-state index in [4.69, 9.17) is 10.5 Å². The lowest BCUT2D eigenvalue weighted by Crippen LogP contribution is -2.23. The third-order valence-electron chi connectivity index (χ3n) is 3.10. The van der Waals surface area contributed by atoms with Crippen molar-refractivity contribution in [2.75, 3.05) is 26.4 Å². The molecule has 0 aliphatic heterocycles. The number of nitrogens with two attached hydrogens (primary N) is 1. The molecule has 0 saturated heterocycles. The number of ether oxygens (including phenoxy) is 1. The fraction of sp³-hybridized carbons (Fsp3) is 0.353. The van der Waals surface area contributed by atoms with Crippen molar-refractivity contribution in [3.8, 4) is 17.0 Å². The second kappa shape index (κ2) is 7.09. The molecule has 0 spiro atoms. The SMILES string of the molecule is CC(C)COc1ccccc1-c1cc(C(=O)N(C)C)nc(N)n1. The van der Waals surface area contributed by atoms with Crippen LogP contribution >= 0.6 is 0 Å². The second-order valence-corrected chi connectivity index (χ2v) is 5.90. The molecule has 23 heavy (non-hydrogen) atoms. The maximum atomic E-state index is 12.1. The minimum atomic E-state index is -0.221. The Morgan fingerprint density at radius 2 is 1.96 bits per heavy atom. The Labute approximate surface area is 136 Å². The molecule has 0 atom stereocenters. The molecule has 1 heterocycles. The summed E-state index contributed by atoms with van der Waals surface area (Å²) in [7, 11) is 3.33. The summed E-state index contributed by atoms with van der Waals surface area (Å²) in [5.41, 5.74) is 7.39. The zero-order valence-electron chi connectivity index (χ0n) is 13.9. The standard InChI is InChI=1S/C17H22N4O2/c1-11(2)10-23-15-8-6-5-7-12(15)13-9-14(16(22)21(3)4)20-17(18)19-13/h5-9,11H,10H2,1-4H3,(H2,18,19,20). The van der Waals surface area contributed by atoms with Gasteiger partial charge in [-0.15, -0.1) is 0 Å². The van der Waals surface area contributed by atoms with E-state index in [2.05, 4.69) is 23.8 Å². The van der Waals surface area contributed by atoms with Gasteiger partial charge in [-0.2, -0.15) is 0 Å². The van der Waals surface area contributed by atoms with Crippen LogP contribution in [0.25, 0.3) is 11.3 Å². The van der Waals surface area contributed by atoms with Crippen LogP contribution in [0.3, 0.4) is 0 Å². The van der Waals surface area contributed by atoms with Gasteiger partial charge < -0.3 is 15.4 Å². The predicted octanol–water partition coefficient (Wildman–Crippen LogP) is 2.46. The summed E-state index contributed by atoms with van der Waals surface area (Å²) >= 11 is 0. The number of carbonyl (C=O) groups is 1. The number of benzene rings is 1. The molecule has 0 fully saturated rings. The Morgan fingerprint density at radius 1 is 1.26 bits per heavy atom. The van der Waals surface area contributed by atoms with Gasteiger partial charge in [0.15, 0.2) is 0 Å². The van der Waals surface area contributed by atoms with Crippen molar-refractivity contribution in [3.05, 3.63) is 36.0 Å².